The van der Waals surface area contributed by atoms with E-state index in [1.54, 1.807) is 16.8 Å². The van der Waals surface area contributed by atoms with Crippen LogP contribution in [0.4, 0.5) is 14.5 Å². The zero-order valence-corrected chi connectivity index (χ0v) is 18.2. The average molecular weight is 442 g/mol. The molecule has 32 heavy (non-hydrogen) atoms. The molecule has 4 rings (SSSR count). The molecule has 0 radical (unpaired) electrons. The van der Waals surface area contributed by atoms with Crippen LogP contribution in [-0.2, 0) is 16.6 Å². The van der Waals surface area contributed by atoms with Crippen molar-refractivity contribution in [3.8, 4) is 17.1 Å². The number of nitrogens with zero attached hydrogens (tertiary/aromatic N) is 3. The molecule has 0 aliphatic carbocycles. The number of anilines is 1. The minimum Gasteiger partial charge on any atom is -0.493 e. The molecule has 4 atom stereocenters. The third kappa shape index (κ3) is 3.95. The molecule has 9 heteroatoms. The molecule has 1 fully saturated rings. The quantitative estimate of drug-likeness (QED) is 0.648. The first kappa shape index (κ1) is 21.9. The fraction of sp³-hybridized carbons (Fsp3) is 0.348. The van der Waals surface area contributed by atoms with Gasteiger partial charge in [0.1, 0.15) is 11.8 Å². The van der Waals surface area contributed by atoms with Gasteiger partial charge in [-0.25, -0.2) is 4.39 Å². The number of aryl methyl sites for hydroxylation is 1. The third-order valence-electron chi connectivity index (χ3n) is 5.90. The van der Waals surface area contributed by atoms with Gasteiger partial charge in [0.25, 0.3) is 5.91 Å². The number of aromatic nitrogens is 3. The number of amides is 1. The highest BCUT2D eigenvalue weighted by molar-refractivity contribution is 5.95. The third-order valence-corrected chi connectivity index (χ3v) is 5.90. The zero-order valence-electron chi connectivity index (χ0n) is 18.2. The van der Waals surface area contributed by atoms with Crippen molar-refractivity contribution < 1.29 is 23.0 Å². The molecule has 1 aliphatic heterocycles. The first-order valence-electron chi connectivity index (χ1n) is 10.2. The van der Waals surface area contributed by atoms with Gasteiger partial charge in [-0.3, -0.25) is 14.5 Å². The molecular weight excluding hydrogens is 418 g/mol. The van der Waals surface area contributed by atoms with Gasteiger partial charge < -0.3 is 14.8 Å². The lowest BCUT2D eigenvalue weighted by atomic mass is 9.82. The highest BCUT2D eigenvalue weighted by Gasteiger charge is 2.46. The van der Waals surface area contributed by atoms with E-state index in [9.17, 15) is 13.6 Å². The number of nitrogens with one attached hydrogen (secondary N) is 1. The lowest BCUT2D eigenvalue weighted by Crippen LogP contribution is -2.32. The molecule has 1 saturated heterocycles. The van der Waals surface area contributed by atoms with Crippen LogP contribution in [0.5, 0.6) is 5.75 Å². The molecule has 0 bridgehead atoms. The number of carbonyl (C=O) groups is 1. The van der Waals surface area contributed by atoms with E-state index in [1.165, 1.54) is 19.4 Å². The van der Waals surface area contributed by atoms with Crippen molar-refractivity contribution in [1.29, 1.82) is 0 Å². The van der Waals surface area contributed by atoms with Gasteiger partial charge in [0.05, 0.1) is 30.8 Å². The van der Waals surface area contributed by atoms with E-state index in [1.807, 2.05) is 33.2 Å². The molecule has 1 amide bonds. The maximum absolute atomic E-state index is 14.3. The zero-order chi connectivity index (χ0) is 23.0. The van der Waals surface area contributed by atoms with Crippen molar-refractivity contribution in [1.82, 2.24) is 14.8 Å². The van der Waals surface area contributed by atoms with Crippen molar-refractivity contribution in [2.24, 2.45) is 13.0 Å². The Hall–Kier alpha value is -3.33. The van der Waals surface area contributed by atoms with Gasteiger partial charge in [0.2, 0.25) is 5.82 Å². The number of ether oxygens (including phenoxy) is 2. The second-order valence-corrected chi connectivity index (χ2v) is 7.93. The van der Waals surface area contributed by atoms with E-state index in [0.717, 1.165) is 11.8 Å². The Bertz CT molecular complexity index is 1130. The summed E-state index contributed by atoms with van der Waals surface area (Å²) in [5, 5.41) is 7.11. The van der Waals surface area contributed by atoms with Crippen molar-refractivity contribution in [3.05, 3.63) is 59.9 Å². The normalized spacial score (nSPS) is 22.7. The van der Waals surface area contributed by atoms with Gasteiger partial charge in [-0.2, -0.15) is 9.49 Å². The average Bonchev–Trinajstić information content (AvgIpc) is 3.34. The topological polar surface area (TPSA) is 78.3 Å². The fourth-order valence-corrected chi connectivity index (χ4v) is 4.08. The maximum Gasteiger partial charge on any atom is 0.254 e. The van der Waals surface area contributed by atoms with Crippen LogP contribution in [0.3, 0.4) is 0 Å². The summed E-state index contributed by atoms with van der Waals surface area (Å²) < 4.78 is 40.8. The van der Waals surface area contributed by atoms with Gasteiger partial charge in [0, 0.05) is 24.7 Å². The first-order valence-corrected chi connectivity index (χ1v) is 10.2. The number of methoxy groups -OCH3 is 1. The van der Waals surface area contributed by atoms with Crippen LogP contribution in [0.15, 0.2) is 42.7 Å². The Balaban J connectivity index is 1.58. The molecule has 3 aromatic rings. The van der Waals surface area contributed by atoms with E-state index >= 15 is 0 Å². The smallest absolute Gasteiger partial charge is 0.254 e. The Morgan fingerprint density at radius 1 is 1.16 bits per heavy atom. The summed E-state index contributed by atoms with van der Waals surface area (Å²) >= 11 is 0. The maximum atomic E-state index is 14.3. The summed E-state index contributed by atoms with van der Waals surface area (Å²) in [5.74, 6) is -3.34. The minimum atomic E-state index is -1.08. The van der Waals surface area contributed by atoms with Crippen molar-refractivity contribution >= 4 is 11.6 Å². The molecule has 1 aromatic carbocycles. The molecule has 168 valence electrons. The van der Waals surface area contributed by atoms with Gasteiger partial charge in [0.15, 0.2) is 11.6 Å². The SMILES string of the molecule is COc1c([C@@H]2[C@H](C)[C@@H](C)O[C@H]2C(=O)Nc2ccc(-c3ccn(C)n3)nc2)ccc(F)c1F. The van der Waals surface area contributed by atoms with E-state index in [2.05, 4.69) is 15.4 Å². The molecular formula is C23H24F2N4O3. The number of benzene rings is 1. The predicted molar refractivity (Wildman–Crippen MR) is 114 cm³/mol. The highest BCUT2D eigenvalue weighted by atomic mass is 19.2. The number of pyridine rings is 1. The molecule has 3 heterocycles. The van der Waals surface area contributed by atoms with Crippen LogP contribution in [-0.4, -0.2) is 40.0 Å². The summed E-state index contributed by atoms with van der Waals surface area (Å²) in [4.78, 5) is 17.5. The predicted octanol–water partition coefficient (Wildman–Crippen LogP) is 3.91. The van der Waals surface area contributed by atoms with E-state index in [-0.39, 0.29) is 17.8 Å². The van der Waals surface area contributed by atoms with E-state index in [0.29, 0.717) is 16.9 Å². The Labute approximate surface area is 184 Å². The largest absolute Gasteiger partial charge is 0.493 e. The first-order chi connectivity index (χ1) is 15.3. The molecule has 0 spiro atoms. The number of hydrogen-bond donors (Lipinski definition) is 1. The number of hydrogen-bond acceptors (Lipinski definition) is 5. The van der Waals surface area contributed by atoms with Crippen LogP contribution in [0.1, 0.15) is 25.3 Å². The fourth-order valence-electron chi connectivity index (χ4n) is 4.08. The van der Waals surface area contributed by atoms with E-state index in [4.69, 9.17) is 9.47 Å². The van der Waals surface area contributed by atoms with Gasteiger partial charge >= 0.3 is 0 Å². The van der Waals surface area contributed by atoms with Crippen LogP contribution in [0, 0.1) is 17.6 Å². The Morgan fingerprint density at radius 2 is 1.94 bits per heavy atom. The summed E-state index contributed by atoms with van der Waals surface area (Å²) in [5.41, 5.74) is 2.28. The lowest BCUT2D eigenvalue weighted by molar-refractivity contribution is -0.127. The lowest BCUT2D eigenvalue weighted by Gasteiger charge is -2.23. The highest BCUT2D eigenvalue weighted by Crippen LogP contribution is 2.44. The summed E-state index contributed by atoms with van der Waals surface area (Å²) in [6.45, 7) is 3.76. The second kappa shape index (κ2) is 8.66. The van der Waals surface area contributed by atoms with Gasteiger partial charge in [-0.1, -0.05) is 13.0 Å². The molecule has 7 nitrogen and oxygen atoms in total. The monoisotopic (exact) mass is 442 g/mol. The molecule has 2 aromatic heterocycles. The number of halogens is 2. The van der Waals surface area contributed by atoms with Crippen molar-refractivity contribution in [2.45, 2.75) is 32.0 Å². The number of carbonyl (C=O) groups excluding carboxylic acids is 1. The van der Waals surface area contributed by atoms with Crippen LogP contribution >= 0.6 is 0 Å². The standard InChI is InChI=1S/C23H24F2N4O3/c1-12-13(2)32-22(19(12)15-6-7-16(24)20(25)21(15)31-4)23(30)27-14-5-8-17(26-11-14)18-9-10-29(3)28-18/h5-13,19,22H,1-4H3,(H,27,30)/t12-,13-,19+,22-/m1/s1. The molecule has 0 saturated carbocycles. The van der Waals surface area contributed by atoms with Crippen LogP contribution < -0.4 is 10.1 Å². The summed E-state index contributed by atoms with van der Waals surface area (Å²) in [7, 11) is 3.09. The Morgan fingerprint density at radius 3 is 2.56 bits per heavy atom. The summed E-state index contributed by atoms with van der Waals surface area (Å²) in [6, 6.07) is 7.81. The van der Waals surface area contributed by atoms with Gasteiger partial charge in [-0.05, 0) is 37.1 Å². The molecule has 1 N–H and O–H groups in total. The Kier molecular flexibility index (Phi) is 5.92. The number of rotatable bonds is 5. The van der Waals surface area contributed by atoms with Crippen LogP contribution in [0.25, 0.3) is 11.4 Å². The van der Waals surface area contributed by atoms with Gasteiger partial charge in [-0.15, -0.1) is 0 Å². The second-order valence-electron chi connectivity index (χ2n) is 7.93. The summed E-state index contributed by atoms with van der Waals surface area (Å²) in [6.07, 6.45) is 2.18. The van der Waals surface area contributed by atoms with Crippen LogP contribution in [0.2, 0.25) is 0 Å². The molecule has 1 aliphatic rings. The van der Waals surface area contributed by atoms with E-state index < -0.39 is 29.6 Å². The molecule has 0 unspecified atom stereocenters. The minimum absolute atomic E-state index is 0.130. The van der Waals surface area contributed by atoms with Crippen molar-refractivity contribution in [2.75, 3.05) is 12.4 Å². The van der Waals surface area contributed by atoms with Crippen molar-refractivity contribution in [3.63, 3.8) is 0 Å².